The molecule has 0 radical (unpaired) electrons. The normalized spacial score (nSPS) is 10.5. The van der Waals surface area contributed by atoms with Gasteiger partial charge in [0.1, 0.15) is 0 Å². The minimum atomic E-state index is -2.56. The van der Waals surface area contributed by atoms with Gasteiger partial charge in [-0.1, -0.05) is 0 Å². The maximum absolute atomic E-state index is 8.84. The molecule has 0 heterocycles. The molecule has 19 heavy (non-hydrogen) atoms. The summed E-state index contributed by atoms with van der Waals surface area (Å²) in [5.41, 5.74) is 1.40. The van der Waals surface area contributed by atoms with Gasteiger partial charge in [0.2, 0.25) is 0 Å². The van der Waals surface area contributed by atoms with E-state index in [0.29, 0.717) is 11.1 Å². The van der Waals surface area contributed by atoms with Crippen LogP contribution >= 0.6 is 0 Å². The molecule has 0 spiro atoms. The van der Waals surface area contributed by atoms with Crippen molar-refractivity contribution in [2.45, 2.75) is 9.88 Å². The summed E-state index contributed by atoms with van der Waals surface area (Å²) in [5, 5.41) is 17.7. The molecule has 0 fully saturated rings. The molecule has 0 atom stereocenters. The van der Waals surface area contributed by atoms with Gasteiger partial charge in [-0.05, 0) is 0 Å². The van der Waals surface area contributed by atoms with Gasteiger partial charge in [-0.25, -0.2) is 0 Å². The van der Waals surface area contributed by atoms with Crippen molar-refractivity contribution in [3.63, 3.8) is 0 Å². The van der Waals surface area contributed by atoms with E-state index in [2.05, 4.69) is 46.3 Å². The fourth-order valence-electron chi connectivity index (χ4n) is 2.09. The summed E-state index contributed by atoms with van der Waals surface area (Å²) in [5.74, 6) is 0. The Morgan fingerprint density at radius 2 is 1.00 bits per heavy atom. The topological polar surface area (TPSA) is 47.6 Å². The number of nitrogens with zero attached hydrogens (tertiary/aromatic N) is 2. The van der Waals surface area contributed by atoms with Crippen LogP contribution < -0.4 is 7.16 Å². The fraction of sp³-hybridized carbons (Fsp3) is 0.125. The van der Waals surface area contributed by atoms with Crippen LogP contribution in [0.2, 0.25) is 9.88 Å². The molecule has 0 bridgehead atoms. The number of hydrogen-bond acceptors (Lipinski definition) is 2. The number of hydrogen-bond donors (Lipinski definition) is 0. The first kappa shape index (κ1) is 13.6. The maximum atomic E-state index is 8.84. The molecule has 0 amide bonds. The van der Waals surface area contributed by atoms with Crippen molar-refractivity contribution in [3.8, 4) is 12.1 Å². The van der Waals surface area contributed by atoms with Gasteiger partial charge in [-0.15, -0.1) is 0 Å². The monoisotopic (exact) mass is 354 g/mol. The second-order valence-electron chi connectivity index (χ2n) is 5.00. The Balaban J connectivity index is 2.40. The molecule has 0 aromatic heterocycles. The van der Waals surface area contributed by atoms with E-state index in [9.17, 15) is 0 Å². The Kier molecular flexibility index (Phi) is 3.92. The van der Waals surface area contributed by atoms with Gasteiger partial charge >= 0.3 is 118 Å². The summed E-state index contributed by atoms with van der Waals surface area (Å²) < 4.78 is 2.72. The Bertz CT molecular complexity index is 596. The Morgan fingerprint density at radius 1 is 0.684 bits per heavy atom. The van der Waals surface area contributed by atoms with Crippen molar-refractivity contribution < 1.29 is 0 Å². The third-order valence-electron chi connectivity index (χ3n) is 3.47. The van der Waals surface area contributed by atoms with Crippen molar-refractivity contribution >= 4 is 25.5 Å². The van der Waals surface area contributed by atoms with Crippen LogP contribution in [0, 0.1) is 22.7 Å². The molecule has 2 rings (SSSR count). The van der Waals surface area contributed by atoms with Gasteiger partial charge in [0.25, 0.3) is 0 Å². The number of nitriles is 2. The molecule has 2 nitrogen and oxygen atoms in total. The van der Waals surface area contributed by atoms with E-state index in [1.165, 1.54) is 7.16 Å². The molecule has 2 aromatic carbocycles. The van der Waals surface area contributed by atoms with E-state index in [1.807, 2.05) is 24.3 Å². The molecule has 0 aliphatic rings. The van der Waals surface area contributed by atoms with Crippen LogP contribution in [-0.2, 0) is 0 Å². The summed E-state index contributed by atoms with van der Waals surface area (Å²) >= 11 is -2.56. The molecule has 2 aromatic rings. The van der Waals surface area contributed by atoms with Crippen molar-refractivity contribution in [2.75, 3.05) is 0 Å². The Hall–Kier alpha value is -1.78. The van der Waals surface area contributed by atoms with E-state index < -0.39 is 18.4 Å². The molecule has 92 valence electrons. The third kappa shape index (κ3) is 2.80. The van der Waals surface area contributed by atoms with Crippen LogP contribution in [0.25, 0.3) is 0 Å². The Labute approximate surface area is 117 Å². The van der Waals surface area contributed by atoms with Crippen LogP contribution in [0.4, 0.5) is 0 Å². The van der Waals surface area contributed by atoms with Crippen molar-refractivity contribution in [2.24, 2.45) is 0 Å². The molecule has 0 aliphatic heterocycles. The molecular weight excluding hydrogens is 339 g/mol. The molecule has 0 unspecified atom stereocenters. The summed E-state index contributed by atoms with van der Waals surface area (Å²) in [7, 11) is 0. The number of rotatable bonds is 2. The van der Waals surface area contributed by atoms with E-state index in [4.69, 9.17) is 10.5 Å². The fourth-order valence-corrected chi connectivity index (χ4v) is 8.75. The summed E-state index contributed by atoms with van der Waals surface area (Å²) in [4.78, 5) is 4.69. The van der Waals surface area contributed by atoms with Gasteiger partial charge in [0.15, 0.2) is 0 Å². The first-order valence-electron chi connectivity index (χ1n) is 6.09. The summed E-state index contributed by atoms with van der Waals surface area (Å²) in [6, 6.07) is 20.1. The molecule has 0 saturated carbocycles. The van der Waals surface area contributed by atoms with Crippen LogP contribution in [0.3, 0.4) is 0 Å². The number of benzene rings is 2. The molecule has 3 heteroatoms. The zero-order chi connectivity index (χ0) is 13.9. The molecular formula is C16H14N2Sn. The van der Waals surface area contributed by atoms with Gasteiger partial charge in [-0.3, -0.25) is 0 Å². The first-order chi connectivity index (χ1) is 9.07. The standard InChI is InChI=1S/2C7H4N.2CH3.Sn/c2*8-6-7-4-2-1-3-5-7;;;/h2*2-5H;2*1H3;. The second kappa shape index (κ2) is 5.46. The van der Waals surface area contributed by atoms with Crippen LogP contribution in [0.15, 0.2) is 48.5 Å². The SMILES string of the molecule is [CH3][Sn]([CH3])([c]1ccc(C#N)cc1)[c]1ccc(C#N)cc1. The summed E-state index contributed by atoms with van der Waals surface area (Å²) in [6.07, 6.45) is 0. The predicted octanol–water partition coefficient (Wildman–Crippen LogP) is 2.25. The second-order valence-corrected chi connectivity index (χ2v) is 17.6. The van der Waals surface area contributed by atoms with Gasteiger partial charge in [0.05, 0.1) is 0 Å². The van der Waals surface area contributed by atoms with Crippen molar-refractivity contribution in [3.05, 3.63) is 59.7 Å². The van der Waals surface area contributed by atoms with Gasteiger partial charge < -0.3 is 0 Å². The van der Waals surface area contributed by atoms with Crippen LogP contribution in [0.1, 0.15) is 11.1 Å². The van der Waals surface area contributed by atoms with Gasteiger partial charge in [0, 0.05) is 0 Å². The van der Waals surface area contributed by atoms with Crippen molar-refractivity contribution in [1.29, 1.82) is 10.5 Å². The van der Waals surface area contributed by atoms with Gasteiger partial charge in [-0.2, -0.15) is 0 Å². The molecule has 0 N–H and O–H groups in total. The third-order valence-corrected chi connectivity index (χ3v) is 13.6. The predicted molar refractivity (Wildman–Crippen MR) is 79.1 cm³/mol. The van der Waals surface area contributed by atoms with Crippen LogP contribution in [0.5, 0.6) is 0 Å². The van der Waals surface area contributed by atoms with Crippen molar-refractivity contribution in [1.82, 2.24) is 0 Å². The van der Waals surface area contributed by atoms with E-state index in [0.717, 1.165) is 0 Å². The zero-order valence-corrected chi connectivity index (χ0v) is 13.9. The van der Waals surface area contributed by atoms with E-state index in [1.54, 1.807) is 0 Å². The molecule has 0 aliphatic carbocycles. The van der Waals surface area contributed by atoms with E-state index >= 15 is 0 Å². The quantitative estimate of drug-likeness (QED) is 0.778. The average molecular weight is 353 g/mol. The summed E-state index contributed by atoms with van der Waals surface area (Å²) in [6.45, 7) is 0. The molecule has 0 saturated heterocycles. The minimum absolute atomic E-state index is 0.700. The first-order valence-corrected chi connectivity index (χ1v) is 14.7. The average Bonchev–Trinajstić information content (AvgIpc) is 2.47. The van der Waals surface area contributed by atoms with Crippen LogP contribution in [-0.4, -0.2) is 18.4 Å². The Morgan fingerprint density at radius 3 is 1.26 bits per heavy atom. The zero-order valence-electron chi connectivity index (χ0n) is 11.0. The van der Waals surface area contributed by atoms with E-state index in [-0.39, 0.29) is 0 Å².